The molecule has 0 radical (unpaired) electrons. The van der Waals surface area contributed by atoms with Crippen molar-refractivity contribution in [2.45, 2.75) is 51.0 Å². The van der Waals surface area contributed by atoms with Crippen LogP contribution in [0.3, 0.4) is 0 Å². The van der Waals surface area contributed by atoms with Gasteiger partial charge in [0, 0.05) is 36.1 Å². The molecule has 1 atom stereocenters. The van der Waals surface area contributed by atoms with Gasteiger partial charge in [-0.25, -0.2) is 9.78 Å². The first-order valence-corrected chi connectivity index (χ1v) is 12.6. The van der Waals surface area contributed by atoms with Crippen molar-refractivity contribution in [2.24, 2.45) is 0 Å². The van der Waals surface area contributed by atoms with Gasteiger partial charge in [-0.15, -0.1) is 0 Å². The molecule has 0 spiro atoms. The zero-order valence-corrected chi connectivity index (χ0v) is 20.9. The summed E-state index contributed by atoms with van der Waals surface area (Å²) in [5.74, 6) is -0.577. The molecule has 1 aliphatic rings. The Morgan fingerprint density at radius 3 is 2.81 bits per heavy atom. The third-order valence-electron chi connectivity index (χ3n) is 6.49. The van der Waals surface area contributed by atoms with Crippen LogP contribution < -0.4 is 20.7 Å². The largest absolute Gasteiger partial charge is 0.494 e. The lowest BCUT2D eigenvalue weighted by atomic mass is 10.1. The number of nitrogens with one attached hydrogen (secondary N) is 4. The molecule has 4 rings (SSSR count). The summed E-state index contributed by atoms with van der Waals surface area (Å²) in [4.78, 5) is 44.4. The predicted molar refractivity (Wildman–Crippen MR) is 140 cm³/mol. The van der Waals surface area contributed by atoms with Crippen molar-refractivity contribution in [2.75, 3.05) is 25.5 Å². The van der Waals surface area contributed by atoms with E-state index >= 15 is 0 Å². The molecule has 10 nitrogen and oxygen atoms in total. The average molecular weight is 508 g/mol. The number of aromatic amines is 1. The number of hydrogen-bond acceptors (Lipinski definition) is 6. The van der Waals surface area contributed by atoms with Crippen LogP contribution in [0.4, 0.5) is 5.82 Å². The third-order valence-corrected chi connectivity index (χ3v) is 6.49. The maximum absolute atomic E-state index is 12.8. The monoisotopic (exact) mass is 507 g/mol. The van der Waals surface area contributed by atoms with Crippen LogP contribution in [0.15, 0.2) is 36.4 Å². The second kappa shape index (κ2) is 12.2. The molecule has 0 bridgehead atoms. The number of methoxy groups -OCH3 is 1. The number of unbranched alkanes of at least 4 members (excludes halogenated alkanes) is 1. The van der Waals surface area contributed by atoms with Crippen molar-refractivity contribution in [3.63, 3.8) is 0 Å². The number of benzene rings is 1. The number of pyridine rings is 1. The van der Waals surface area contributed by atoms with Gasteiger partial charge >= 0.3 is 5.97 Å². The van der Waals surface area contributed by atoms with Crippen molar-refractivity contribution in [3.8, 4) is 5.75 Å². The van der Waals surface area contributed by atoms with Gasteiger partial charge in [0.25, 0.3) is 5.91 Å². The number of fused-ring (bicyclic) bond motifs is 2. The van der Waals surface area contributed by atoms with Crippen LogP contribution in [-0.4, -0.2) is 59.1 Å². The van der Waals surface area contributed by atoms with Gasteiger partial charge < -0.3 is 30.8 Å². The SMILES string of the molecule is COc1c(C(=O)N[C@@H](CCNC(=O)CCCCc2ccc3c(n2)NCCC3)C(=O)O)[nH]c2ccccc12. The van der Waals surface area contributed by atoms with Crippen molar-refractivity contribution >= 4 is 34.5 Å². The van der Waals surface area contributed by atoms with Crippen LogP contribution in [0.2, 0.25) is 0 Å². The third kappa shape index (κ3) is 6.58. The summed E-state index contributed by atoms with van der Waals surface area (Å²) in [6.45, 7) is 1.09. The average Bonchev–Trinajstić information content (AvgIpc) is 3.29. The van der Waals surface area contributed by atoms with Gasteiger partial charge in [0.05, 0.1) is 7.11 Å². The second-order valence-electron chi connectivity index (χ2n) is 9.13. The van der Waals surface area contributed by atoms with Gasteiger partial charge in [-0.05, 0) is 62.3 Å². The van der Waals surface area contributed by atoms with E-state index < -0.39 is 17.9 Å². The number of aliphatic carboxylic acids is 1. The number of carbonyl (C=O) groups is 3. The number of carbonyl (C=O) groups excluding carboxylic acids is 2. The first kappa shape index (κ1) is 26.0. The molecule has 3 aromatic rings. The molecule has 0 unspecified atom stereocenters. The fourth-order valence-electron chi connectivity index (χ4n) is 4.52. The van der Waals surface area contributed by atoms with Crippen molar-refractivity contribution in [1.29, 1.82) is 0 Å². The fourth-order valence-corrected chi connectivity index (χ4v) is 4.52. The molecule has 196 valence electrons. The molecule has 3 heterocycles. The van der Waals surface area contributed by atoms with Gasteiger partial charge in [0.2, 0.25) is 5.91 Å². The number of anilines is 1. The number of hydrogen-bond donors (Lipinski definition) is 5. The highest BCUT2D eigenvalue weighted by atomic mass is 16.5. The highest BCUT2D eigenvalue weighted by Gasteiger charge is 2.25. The van der Waals surface area contributed by atoms with Crippen molar-refractivity contribution < 1.29 is 24.2 Å². The molecule has 0 aliphatic carbocycles. The first-order chi connectivity index (χ1) is 18.0. The molecular weight excluding hydrogens is 474 g/mol. The molecule has 2 aromatic heterocycles. The number of ether oxygens (including phenoxy) is 1. The predicted octanol–water partition coefficient (Wildman–Crippen LogP) is 3.03. The van der Waals surface area contributed by atoms with Crippen LogP contribution in [0.5, 0.6) is 5.75 Å². The summed E-state index contributed by atoms with van der Waals surface area (Å²) in [5.41, 5.74) is 3.14. The van der Waals surface area contributed by atoms with Crippen LogP contribution >= 0.6 is 0 Å². The molecular formula is C27H33N5O5. The Kier molecular flexibility index (Phi) is 8.60. The summed E-state index contributed by atoms with van der Waals surface area (Å²) >= 11 is 0. The van der Waals surface area contributed by atoms with Crippen LogP contribution in [-0.2, 0) is 22.4 Å². The Hall–Kier alpha value is -4.08. The van der Waals surface area contributed by atoms with E-state index in [1.54, 1.807) is 6.07 Å². The minimum absolute atomic E-state index is 0.0569. The van der Waals surface area contributed by atoms with E-state index in [0.717, 1.165) is 49.1 Å². The minimum Gasteiger partial charge on any atom is -0.494 e. The molecule has 1 aromatic carbocycles. The van der Waals surface area contributed by atoms with Gasteiger partial charge in [-0.3, -0.25) is 9.59 Å². The van der Waals surface area contributed by atoms with Gasteiger partial charge in [-0.2, -0.15) is 0 Å². The molecule has 1 aliphatic heterocycles. The van der Waals surface area contributed by atoms with Crippen molar-refractivity contribution in [1.82, 2.24) is 20.6 Å². The summed E-state index contributed by atoms with van der Waals surface area (Å²) in [6.07, 6.45) is 4.92. The van der Waals surface area contributed by atoms with E-state index in [1.165, 1.54) is 12.7 Å². The van der Waals surface area contributed by atoms with E-state index in [0.29, 0.717) is 24.1 Å². The Labute approximate surface area is 215 Å². The maximum atomic E-state index is 12.8. The van der Waals surface area contributed by atoms with Crippen LogP contribution in [0, 0.1) is 0 Å². The number of aromatic nitrogens is 2. The number of aryl methyl sites for hydroxylation is 2. The van der Waals surface area contributed by atoms with E-state index in [9.17, 15) is 19.5 Å². The Morgan fingerprint density at radius 1 is 1.16 bits per heavy atom. The second-order valence-corrected chi connectivity index (χ2v) is 9.13. The van der Waals surface area contributed by atoms with E-state index in [1.807, 2.05) is 18.2 Å². The quantitative estimate of drug-likeness (QED) is 0.237. The lowest BCUT2D eigenvalue weighted by molar-refractivity contribution is -0.139. The van der Waals surface area contributed by atoms with Crippen LogP contribution in [0.25, 0.3) is 10.9 Å². The zero-order valence-electron chi connectivity index (χ0n) is 20.9. The first-order valence-electron chi connectivity index (χ1n) is 12.6. The van der Waals surface area contributed by atoms with Gasteiger partial charge in [-0.1, -0.05) is 18.2 Å². The normalized spacial score (nSPS) is 13.3. The Balaban J connectivity index is 1.20. The number of para-hydroxylation sites is 1. The molecule has 2 amide bonds. The molecule has 37 heavy (non-hydrogen) atoms. The number of rotatable bonds is 12. The maximum Gasteiger partial charge on any atom is 0.326 e. The van der Waals surface area contributed by atoms with E-state index in [4.69, 9.17) is 4.74 Å². The number of carboxylic acid groups (broad SMARTS) is 1. The zero-order chi connectivity index (χ0) is 26.2. The summed E-state index contributed by atoms with van der Waals surface area (Å²) in [5, 5.41) is 18.9. The lowest BCUT2D eigenvalue weighted by Gasteiger charge is -2.17. The number of nitrogens with zero attached hydrogens (tertiary/aromatic N) is 1. The summed E-state index contributed by atoms with van der Waals surface area (Å²) < 4.78 is 5.37. The molecule has 0 saturated heterocycles. The standard InChI is InChI=1S/C27H33N5O5/c1-37-24-19-9-3-4-10-20(19)31-23(24)26(34)32-21(27(35)36)14-16-28-22(33)11-5-2-8-18-13-12-17-7-6-15-29-25(17)30-18/h3-4,9-10,12-13,21,31H,2,5-8,11,14-16H2,1H3,(H,28,33)(H,29,30)(H,32,34)(H,35,36)/t21-/m0/s1. The number of carboxylic acids is 1. The topological polar surface area (TPSA) is 145 Å². The van der Waals surface area contributed by atoms with Gasteiger partial charge in [0.1, 0.15) is 17.6 Å². The Bertz CT molecular complexity index is 1270. The molecule has 5 N–H and O–H groups in total. The minimum atomic E-state index is -1.18. The lowest BCUT2D eigenvalue weighted by Crippen LogP contribution is -2.43. The number of H-pyrrole nitrogens is 1. The van der Waals surface area contributed by atoms with E-state index in [2.05, 4.69) is 38.1 Å². The summed E-state index contributed by atoms with van der Waals surface area (Å²) in [7, 11) is 1.46. The molecule has 0 saturated carbocycles. The fraction of sp³-hybridized carbons (Fsp3) is 0.407. The highest BCUT2D eigenvalue weighted by Crippen LogP contribution is 2.29. The highest BCUT2D eigenvalue weighted by molar-refractivity contribution is 6.04. The smallest absolute Gasteiger partial charge is 0.326 e. The van der Waals surface area contributed by atoms with Crippen LogP contribution in [0.1, 0.15) is 53.8 Å². The van der Waals surface area contributed by atoms with Crippen molar-refractivity contribution in [3.05, 3.63) is 53.3 Å². The van der Waals surface area contributed by atoms with Gasteiger partial charge in [0.15, 0.2) is 5.75 Å². The number of amides is 2. The Morgan fingerprint density at radius 2 is 2.00 bits per heavy atom. The molecule has 0 fully saturated rings. The summed E-state index contributed by atoms with van der Waals surface area (Å²) in [6, 6.07) is 10.3. The van der Waals surface area contributed by atoms with E-state index in [-0.39, 0.29) is 24.6 Å². The molecule has 10 heteroatoms.